The Morgan fingerprint density at radius 1 is 1.17 bits per heavy atom. The van der Waals surface area contributed by atoms with Crippen molar-refractivity contribution in [1.29, 1.82) is 0 Å². The van der Waals surface area contributed by atoms with E-state index in [0.29, 0.717) is 46.5 Å². The summed E-state index contributed by atoms with van der Waals surface area (Å²) in [5.74, 6) is 0.635. The van der Waals surface area contributed by atoms with Gasteiger partial charge in [-0.05, 0) is 32.2 Å². The fourth-order valence-electron chi connectivity index (χ4n) is 3.83. The van der Waals surface area contributed by atoms with Crippen LogP contribution in [0.3, 0.4) is 0 Å². The molecule has 1 N–H and O–H groups in total. The minimum Gasteiger partial charge on any atom is -0.487 e. The molecule has 0 amide bonds. The van der Waals surface area contributed by atoms with Crippen molar-refractivity contribution in [3.8, 4) is 17.0 Å². The molecule has 1 aliphatic rings. The number of rotatable bonds is 0. The number of hydrogen-bond acceptors (Lipinski definition) is 6. The molecule has 5 rings (SSSR count). The average molecular weight is 408 g/mol. The van der Waals surface area contributed by atoms with Crippen LogP contribution in [0, 0.1) is 0 Å². The minimum atomic E-state index is -0.283. The molecule has 7 nitrogen and oxygen atoms in total. The number of fused-ring (bicyclic) bond motifs is 3. The van der Waals surface area contributed by atoms with Gasteiger partial charge in [-0.15, -0.1) is 0 Å². The largest absolute Gasteiger partial charge is 0.487 e. The number of aromatic nitrogens is 3. The molecule has 0 spiro atoms. The third-order valence-electron chi connectivity index (χ3n) is 5.20. The Morgan fingerprint density at radius 3 is 2.86 bits per heavy atom. The molecule has 1 aliphatic heterocycles. The summed E-state index contributed by atoms with van der Waals surface area (Å²) in [5.41, 5.74) is 1.89. The molecule has 4 aromatic rings. The molecular weight excluding hydrogens is 388 g/mol. The van der Waals surface area contributed by atoms with E-state index in [1.807, 2.05) is 44.3 Å². The van der Waals surface area contributed by atoms with Crippen LogP contribution < -0.4 is 15.9 Å². The van der Waals surface area contributed by atoms with Crippen LogP contribution >= 0.6 is 11.5 Å². The number of nitrogens with one attached hydrogen (secondary N) is 1. The Labute approximate surface area is 170 Å². The smallest absolute Gasteiger partial charge is 0.275 e. The highest BCUT2D eigenvalue weighted by atomic mass is 32.1. The predicted octanol–water partition coefficient (Wildman–Crippen LogP) is 2.68. The van der Waals surface area contributed by atoms with E-state index in [2.05, 4.69) is 9.88 Å². The van der Waals surface area contributed by atoms with Gasteiger partial charge in [0.05, 0.1) is 15.6 Å². The van der Waals surface area contributed by atoms with Gasteiger partial charge in [-0.2, -0.15) is 0 Å². The van der Waals surface area contributed by atoms with Crippen molar-refractivity contribution in [2.24, 2.45) is 0 Å². The molecule has 29 heavy (non-hydrogen) atoms. The lowest BCUT2D eigenvalue weighted by atomic mass is 10.1. The van der Waals surface area contributed by atoms with E-state index in [9.17, 15) is 9.59 Å². The lowest BCUT2D eigenvalue weighted by molar-refractivity contribution is 0.162. The summed E-state index contributed by atoms with van der Waals surface area (Å²) in [6.45, 7) is 4.02. The van der Waals surface area contributed by atoms with Gasteiger partial charge in [0, 0.05) is 25.2 Å². The van der Waals surface area contributed by atoms with Crippen LogP contribution in [0.15, 0.2) is 46.0 Å². The van der Waals surface area contributed by atoms with Gasteiger partial charge in [-0.25, -0.2) is 4.98 Å². The number of para-hydroxylation sites is 1. The van der Waals surface area contributed by atoms with Gasteiger partial charge in [0.2, 0.25) is 0 Å². The fraction of sp³-hybridized carbons (Fsp3) is 0.286. The molecule has 2 aromatic carbocycles. The molecular formula is C21H20N4O3S. The summed E-state index contributed by atoms with van der Waals surface area (Å²) in [7, 11) is 2.02. The Bertz CT molecular complexity index is 1350. The van der Waals surface area contributed by atoms with Crippen molar-refractivity contribution in [2.45, 2.75) is 19.6 Å². The van der Waals surface area contributed by atoms with Gasteiger partial charge in [-0.1, -0.05) is 29.7 Å². The van der Waals surface area contributed by atoms with Crippen LogP contribution in [0.2, 0.25) is 0 Å². The van der Waals surface area contributed by atoms with Gasteiger partial charge in [0.15, 0.2) is 0 Å². The Balaban J connectivity index is 1.84. The molecule has 8 heteroatoms. The standard InChI is InChI=1S/C21H20N4O3S/c1-12-11-24(2)9-10-25-21(27)14-6-3-5-13(19(14)29-25)17-20(26)22-15-7-4-8-16(28-12)18(15)23-17/h3-8,12H,9-11H2,1-2H3,(H,22,26)/t12-/m0/s1. The molecule has 2 aromatic heterocycles. The molecule has 0 unspecified atom stereocenters. The van der Waals surface area contributed by atoms with Gasteiger partial charge in [0.1, 0.15) is 23.1 Å². The SMILES string of the molecule is C[C@H]1CN(C)CCn2sc3c(cccc3c2=O)-c2nc3c(cccc3[nH]c2=O)O1. The molecule has 3 heterocycles. The lowest BCUT2D eigenvalue weighted by Gasteiger charge is -2.22. The molecule has 0 fully saturated rings. The molecule has 0 saturated carbocycles. The zero-order valence-corrected chi connectivity index (χ0v) is 17.0. The molecule has 0 radical (unpaired) electrons. The first kappa shape index (κ1) is 18.1. The second kappa shape index (κ2) is 6.82. The van der Waals surface area contributed by atoms with Crippen LogP contribution in [0.1, 0.15) is 6.92 Å². The summed E-state index contributed by atoms with van der Waals surface area (Å²) >= 11 is 1.39. The number of likely N-dealkylation sites (N-methyl/N-ethyl adjacent to an activating group) is 1. The number of ether oxygens (including phenoxy) is 1. The maximum atomic E-state index is 12.9. The summed E-state index contributed by atoms with van der Waals surface area (Å²) in [6, 6.07) is 11.0. The number of aromatic amines is 1. The van der Waals surface area contributed by atoms with Crippen molar-refractivity contribution in [1.82, 2.24) is 18.8 Å². The zero-order chi connectivity index (χ0) is 20.1. The van der Waals surface area contributed by atoms with Crippen LogP contribution in [0.4, 0.5) is 0 Å². The van der Waals surface area contributed by atoms with Crippen LogP contribution in [0.25, 0.3) is 32.4 Å². The first-order valence-electron chi connectivity index (χ1n) is 9.53. The van der Waals surface area contributed by atoms with E-state index in [4.69, 9.17) is 9.72 Å². The van der Waals surface area contributed by atoms with E-state index < -0.39 is 0 Å². The van der Waals surface area contributed by atoms with Crippen LogP contribution in [-0.4, -0.2) is 45.1 Å². The van der Waals surface area contributed by atoms with Gasteiger partial charge in [-0.3, -0.25) is 13.5 Å². The Hall–Kier alpha value is -2.97. The Kier molecular flexibility index (Phi) is 4.25. The number of hydrogen-bond donors (Lipinski definition) is 1. The van der Waals surface area contributed by atoms with Gasteiger partial charge >= 0.3 is 0 Å². The highest BCUT2D eigenvalue weighted by Gasteiger charge is 2.19. The van der Waals surface area contributed by atoms with Crippen molar-refractivity contribution in [3.63, 3.8) is 0 Å². The van der Waals surface area contributed by atoms with E-state index in [1.165, 1.54) is 11.5 Å². The topological polar surface area (TPSA) is 80.2 Å². The number of H-pyrrole nitrogens is 1. The maximum absolute atomic E-state index is 12.9. The quantitative estimate of drug-likeness (QED) is 0.484. The average Bonchev–Trinajstić information content (AvgIpc) is 3.01. The van der Waals surface area contributed by atoms with Crippen molar-refractivity contribution in [3.05, 3.63) is 57.1 Å². The molecule has 0 aliphatic carbocycles. The van der Waals surface area contributed by atoms with E-state index in [1.54, 1.807) is 10.0 Å². The summed E-state index contributed by atoms with van der Waals surface area (Å²) in [5, 5.41) is 0.615. The first-order chi connectivity index (χ1) is 14.0. The second-order valence-electron chi connectivity index (χ2n) is 7.44. The van der Waals surface area contributed by atoms with Crippen molar-refractivity contribution < 1.29 is 4.74 Å². The highest BCUT2D eigenvalue weighted by molar-refractivity contribution is 7.14. The summed E-state index contributed by atoms with van der Waals surface area (Å²) < 4.78 is 8.70. The zero-order valence-electron chi connectivity index (χ0n) is 16.1. The summed E-state index contributed by atoms with van der Waals surface area (Å²) in [4.78, 5) is 35.5. The minimum absolute atomic E-state index is 0.0303. The van der Waals surface area contributed by atoms with E-state index >= 15 is 0 Å². The Morgan fingerprint density at radius 2 is 2.00 bits per heavy atom. The van der Waals surface area contributed by atoms with Crippen LogP contribution in [0.5, 0.6) is 5.75 Å². The second-order valence-corrected chi connectivity index (χ2v) is 8.47. The van der Waals surface area contributed by atoms with E-state index in [0.717, 1.165) is 11.2 Å². The predicted molar refractivity (Wildman–Crippen MR) is 115 cm³/mol. The molecule has 148 valence electrons. The molecule has 1 atom stereocenters. The number of nitrogens with zero attached hydrogens (tertiary/aromatic N) is 3. The monoisotopic (exact) mass is 408 g/mol. The maximum Gasteiger partial charge on any atom is 0.275 e. The van der Waals surface area contributed by atoms with Gasteiger partial charge in [0.25, 0.3) is 11.1 Å². The van der Waals surface area contributed by atoms with Crippen LogP contribution in [-0.2, 0) is 6.54 Å². The summed E-state index contributed by atoms with van der Waals surface area (Å²) in [6.07, 6.45) is -0.0794. The fourth-order valence-corrected chi connectivity index (χ4v) is 4.92. The third kappa shape index (κ3) is 3.04. The van der Waals surface area contributed by atoms with Gasteiger partial charge < -0.3 is 14.6 Å². The highest BCUT2D eigenvalue weighted by Crippen LogP contribution is 2.30. The van der Waals surface area contributed by atoms with E-state index in [-0.39, 0.29) is 17.2 Å². The first-order valence-corrected chi connectivity index (χ1v) is 10.3. The van der Waals surface area contributed by atoms with Crippen molar-refractivity contribution >= 4 is 32.7 Å². The normalized spacial score (nSPS) is 17.7. The molecule has 0 saturated heterocycles. The lowest BCUT2D eigenvalue weighted by Crippen LogP contribution is -2.34. The van der Waals surface area contributed by atoms with Crippen molar-refractivity contribution in [2.75, 3.05) is 20.1 Å². The number of benzene rings is 2. The molecule has 4 bridgehead atoms. The third-order valence-corrected chi connectivity index (χ3v) is 6.39.